The number of hydrazine groups is 1. The molecule has 0 saturated heterocycles. The van der Waals surface area contributed by atoms with Crippen LogP contribution in [0.4, 0.5) is 20.4 Å². The van der Waals surface area contributed by atoms with Crippen LogP contribution < -0.4 is 16.2 Å². The number of nitrogen functional groups attached to an aromatic ring is 1. The summed E-state index contributed by atoms with van der Waals surface area (Å²) in [6.45, 7) is 2.23. The molecule has 2 rings (SSSR count). The van der Waals surface area contributed by atoms with Crippen molar-refractivity contribution in [1.29, 1.82) is 0 Å². The van der Waals surface area contributed by atoms with Crippen LogP contribution in [0, 0.1) is 17.6 Å². The highest BCUT2D eigenvalue weighted by atomic mass is 19.1. The Morgan fingerprint density at radius 1 is 1.26 bits per heavy atom. The molecule has 1 heterocycles. The number of halogens is 2. The molecular weight excluding hydrogens is 250 g/mol. The molecule has 0 aliphatic heterocycles. The number of pyridine rings is 1. The van der Waals surface area contributed by atoms with Crippen molar-refractivity contribution in [1.82, 2.24) is 4.98 Å². The minimum atomic E-state index is -0.783. The van der Waals surface area contributed by atoms with Crippen LogP contribution in [-0.4, -0.2) is 18.1 Å². The predicted octanol–water partition coefficient (Wildman–Crippen LogP) is 2.66. The van der Waals surface area contributed by atoms with Crippen molar-refractivity contribution in [2.45, 2.75) is 38.6 Å². The summed E-state index contributed by atoms with van der Waals surface area (Å²) in [5.41, 5.74) is 2.15. The molecule has 0 spiro atoms. The predicted molar refractivity (Wildman–Crippen MR) is 71.8 cm³/mol. The number of anilines is 2. The summed E-state index contributed by atoms with van der Waals surface area (Å²) < 4.78 is 27.2. The fourth-order valence-corrected chi connectivity index (χ4v) is 2.61. The van der Waals surface area contributed by atoms with E-state index in [1.54, 1.807) is 11.9 Å². The van der Waals surface area contributed by atoms with E-state index in [1.807, 2.05) is 0 Å². The number of nitrogens with zero attached hydrogens (tertiary/aromatic N) is 2. The fourth-order valence-electron chi connectivity index (χ4n) is 2.61. The highest BCUT2D eigenvalue weighted by molar-refractivity contribution is 5.49. The van der Waals surface area contributed by atoms with Crippen LogP contribution in [0.1, 0.15) is 32.6 Å². The Labute approximate surface area is 112 Å². The molecular formula is C13H20F2N4. The lowest BCUT2D eigenvalue weighted by Gasteiger charge is -2.34. The molecule has 3 N–H and O–H groups in total. The first-order chi connectivity index (χ1) is 9.02. The van der Waals surface area contributed by atoms with Crippen molar-refractivity contribution in [2.75, 3.05) is 17.4 Å². The second-order valence-corrected chi connectivity index (χ2v) is 5.29. The average molecular weight is 270 g/mol. The molecule has 1 aliphatic rings. The van der Waals surface area contributed by atoms with E-state index in [1.165, 1.54) is 0 Å². The van der Waals surface area contributed by atoms with Gasteiger partial charge in [0.15, 0.2) is 23.3 Å². The number of rotatable bonds is 3. The third kappa shape index (κ3) is 2.94. The number of aromatic nitrogens is 1. The van der Waals surface area contributed by atoms with E-state index < -0.39 is 11.6 Å². The van der Waals surface area contributed by atoms with Gasteiger partial charge in [0.1, 0.15) is 0 Å². The van der Waals surface area contributed by atoms with Gasteiger partial charge in [-0.3, -0.25) is 0 Å². The monoisotopic (exact) mass is 270 g/mol. The number of hydrogen-bond acceptors (Lipinski definition) is 4. The lowest BCUT2D eigenvalue weighted by Crippen LogP contribution is -2.36. The first-order valence-corrected chi connectivity index (χ1v) is 6.58. The minimum Gasteiger partial charge on any atom is -0.354 e. The molecule has 0 atom stereocenters. The van der Waals surface area contributed by atoms with Crippen LogP contribution in [0.5, 0.6) is 0 Å². The molecule has 4 nitrogen and oxygen atoms in total. The smallest absolute Gasteiger partial charge is 0.178 e. The van der Waals surface area contributed by atoms with Crippen molar-refractivity contribution in [3.63, 3.8) is 0 Å². The van der Waals surface area contributed by atoms with Gasteiger partial charge >= 0.3 is 0 Å². The fraction of sp³-hybridized carbons (Fsp3) is 0.615. The Kier molecular flexibility index (Phi) is 4.19. The SMILES string of the molecule is CC1CCC(N(C)c2nc(NN)c(F)cc2F)CC1. The van der Waals surface area contributed by atoms with Crippen LogP contribution in [-0.2, 0) is 0 Å². The zero-order valence-corrected chi connectivity index (χ0v) is 11.3. The van der Waals surface area contributed by atoms with E-state index in [4.69, 9.17) is 5.84 Å². The van der Waals surface area contributed by atoms with E-state index in [-0.39, 0.29) is 17.7 Å². The lowest BCUT2D eigenvalue weighted by molar-refractivity contribution is 0.338. The van der Waals surface area contributed by atoms with Gasteiger partial charge < -0.3 is 10.3 Å². The summed E-state index contributed by atoms with van der Waals surface area (Å²) in [6, 6.07) is 1.06. The summed E-state index contributed by atoms with van der Waals surface area (Å²) >= 11 is 0. The normalized spacial score (nSPS) is 23.2. The van der Waals surface area contributed by atoms with Gasteiger partial charge in [-0.15, -0.1) is 0 Å². The molecule has 0 unspecified atom stereocenters. The van der Waals surface area contributed by atoms with E-state index in [0.717, 1.165) is 37.7 Å². The molecule has 6 heteroatoms. The second kappa shape index (κ2) is 5.69. The van der Waals surface area contributed by atoms with Crippen LogP contribution in [0.2, 0.25) is 0 Å². The van der Waals surface area contributed by atoms with Gasteiger partial charge in [-0.25, -0.2) is 19.6 Å². The van der Waals surface area contributed by atoms with Crippen molar-refractivity contribution in [3.05, 3.63) is 17.7 Å². The summed E-state index contributed by atoms with van der Waals surface area (Å²) in [4.78, 5) is 5.72. The van der Waals surface area contributed by atoms with E-state index in [0.29, 0.717) is 0 Å². The van der Waals surface area contributed by atoms with Crippen LogP contribution in [0.15, 0.2) is 6.07 Å². The molecule has 1 saturated carbocycles. The Morgan fingerprint density at radius 3 is 2.47 bits per heavy atom. The Morgan fingerprint density at radius 2 is 1.89 bits per heavy atom. The van der Waals surface area contributed by atoms with Crippen molar-refractivity contribution >= 4 is 11.6 Å². The minimum absolute atomic E-state index is 0.132. The molecule has 1 aliphatic carbocycles. The zero-order chi connectivity index (χ0) is 14.0. The molecule has 1 aromatic rings. The Bertz CT molecular complexity index is 445. The van der Waals surface area contributed by atoms with Crippen LogP contribution in [0.25, 0.3) is 0 Å². The highest BCUT2D eigenvalue weighted by Gasteiger charge is 2.25. The van der Waals surface area contributed by atoms with Crippen molar-refractivity contribution in [3.8, 4) is 0 Å². The molecule has 0 aromatic carbocycles. The Hall–Kier alpha value is -1.43. The lowest BCUT2D eigenvalue weighted by atomic mass is 9.87. The topological polar surface area (TPSA) is 54.2 Å². The summed E-state index contributed by atoms with van der Waals surface area (Å²) in [7, 11) is 1.80. The second-order valence-electron chi connectivity index (χ2n) is 5.29. The maximum atomic E-state index is 13.8. The van der Waals surface area contributed by atoms with Gasteiger partial charge in [-0.1, -0.05) is 6.92 Å². The number of hydrogen-bond donors (Lipinski definition) is 2. The van der Waals surface area contributed by atoms with E-state index >= 15 is 0 Å². The standard InChI is InChI=1S/C13H20F2N4/c1-8-3-5-9(6-4-8)19(2)13-11(15)7-10(14)12(17-13)18-16/h7-9H,3-6,16H2,1-2H3,(H,17,18). The third-order valence-electron chi connectivity index (χ3n) is 3.91. The van der Waals surface area contributed by atoms with Gasteiger partial charge in [-0.2, -0.15) is 0 Å². The van der Waals surface area contributed by atoms with Crippen LogP contribution >= 0.6 is 0 Å². The van der Waals surface area contributed by atoms with Gasteiger partial charge in [0, 0.05) is 19.2 Å². The first kappa shape index (κ1) is 14.0. The average Bonchev–Trinajstić information content (AvgIpc) is 2.39. The number of nitrogens with two attached hydrogens (primary N) is 1. The number of nitrogens with one attached hydrogen (secondary N) is 1. The molecule has 0 amide bonds. The maximum Gasteiger partial charge on any atom is 0.178 e. The third-order valence-corrected chi connectivity index (χ3v) is 3.91. The molecule has 1 fully saturated rings. The van der Waals surface area contributed by atoms with Crippen molar-refractivity contribution in [2.24, 2.45) is 11.8 Å². The highest BCUT2D eigenvalue weighted by Crippen LogP contribution is 2.30. The summed E-state index contributed by atoms with van der Waals surface area (Å²) in [6.07, 6.45) is 4.25. The van der Waals surface area contributed by atoms with Crippen molar-refractivity contribution < 1.29 is 8.78 Å². The summed E-state index contributed by atoms with van der Waals surface area (Å²) in [5.74, 6) is 4.47. The maximum absolute atomic E-state index is 13.8. The summed E-state index contributed by atoms with van der Waals surface area (Å²) in [5, 5.41) is 0. The Balaban J connectivity index is 2.21. The molecule has 0 radical (unpaired) electrons. The van der Waals surface area contributed by atoms with E-state index in [9.17, 15) is 8.78 Å². The van der Waals surface area contributed by atoms with Gasteiger partial charge in [0.2, 0.25) is 0 Å². The van der Waals surface area contributed by atoms with Gasteiger partial charge in [0.25, 0.3) is 0 Å². The molecule has 106 valence electrons. The molecule has 0 bridgehead atoms. The molecule has 1 aromatic heterocycles. The molecule has 19 heavy (non-hydrogen) atoms. The zero-order valence-electron chi connectivity index (χ0n) is 11.3. The van der Waals surface area contributed by atoms with Gasteiger partial charge in [-0.05, 0) is 31.6 Å². The first-order valence-electron chi connectivity index (χ1n) is 6.58. The largest absolute Gasteiger partial charge is 0.354 e. The van der Waals surface area contributed by atoms with Crippen LogP contribution in [0.3, 0.4) is 0 Å². The van der Waals surface area contributed by atoms with Gasteiger partial charge in [0.05, 0.1) is 0 Å². The van der Waals surface area contributed by atoms with E-state index in [2.05, 4.69) is 17.3 Å². The quantitative estimate of drug-likeness (QED) is 0.655.